The van der Waals surface area contributed by atoms with Gasteiger partial charge < -0.3 is 10.2 Å². The van der Waals surface area contributed by atoms with E-state index in [4.69, 9.17) is 46.4 Å². The van der Waals surface area contributed by atoms with Crippen LogP contribution in [0.4, 0.5) is 0 Å². The average molecular weight is 567 g/mol. The van der Waals surface area contributed by atoms with E-state index in [1.807, 2.05) is 0 Å². The fourth-order valence-electron chi connectivity index (χ4n) is 4.22. The van der Waals surface area contributed by atoms with Crippen LogP contribution in [-0.4, -0.2) is 49.7 Å². The summed E-state index contributed by atoms with van der Waals surface area (Å²) in [6.07, 6.45) is 3.62. The van der Waals surface area contributed by atoms with Gasteiger partial charge in [0.2, 0.25) is 0 Å². The lowest BCUT2D eigenvalue weighted by Gasteiger charge is -2.28. The summed E-state index contributed by atoms with van der Waals surface area (Å²) in [6.45, 7) is 3.77. The standard InChI is InChI=1S/C13H15Cl2NO.C12H13Cl2NO.ClH/c1-16-4-2-9(3-5-16)13(17)10-6-11(14)8-12(15)7-10;13-10-5-9(6-11(14)7-10)12(16)8-1-3-15-4-2-8;/h6-9H,2-5H2,1H3;5-8,15H,1-4H2;1H. The van der Waals surface area contributed by atoms with Crippen LogP contribution >= 0.6 is 58.8 Å². The number of hydrogen-bond acceptors (Lipinski definition) is 4. The van der Waals surface area contributed by atoms with Crippen molar-refractivity contribution in [2.24, 2.45) is 11.8 Å². The van der Waals surface area contributed by atoms with Crippen LogP contribution in [-0.2, 0) is 0 Å². The first-order valence-electron chi connectivity index (χ1n) is 11.1. The van der Waals surface area contributed by atoms with Crippen LogP contribution in [0.3, 0.4) is 0 Å². The van der Waals surface area contributed by atoms with E-state index in [0.717, 1.165) is 51.9 Å². The maximum absolute atomic E-state index is 12.3. The van der Waals surface area contributed by atoms with Gasteiger partial charge in [0.05, 0.1) is 0 Å². The van der Waals surface area contributed by atoms with Gasteiger partial charge in [-0.3, -0.25) is 9.59 Å². The molecule has 9 heteroatoms. The molecule has 2 aliphatic heterocycles. The molecule has 0 aliphatic carbocycles. The zero-order valence-electron chi connectivity index (χ0n) is 19.0. The third-order valence-electron chi connectivity index (χ3n) is 6.09. The molecule has 2 saturated heterocycles. The van der Waals surface area contributed by atoms with Gasteiger partial charge in [0.1, 0.15) is 0 Å². The zero-order valence-corrected chi connectivity index (χ0v) is 22.8. The Balaban J connectivity index is 0.000000234. The number of Topliss-reactive ketones (excluding diaryl/α,β-unsaturated/α-hetero) is 2. The number of nitrogens with one attached hydrogen (secondary N) is 1. The van der Waals surface area contributed by atoms with Crippen LogP contribution in [0.2, 0.25) is 20.1 Å². The van der Waals surface area contributed by atoms with Crippen molar-refractivity contribution in [3.8, 4) is 0 Å². The van der Waals surface area contributed by atoms with E-state index in [0.29, 0.717) is 31.2 Å². The van der Waals surface area contributed by atoms with E-state index in [9.17, 15) is 9.59 Å². The van der Waals surface area contributed by atoms with Crippen molar-refractivity contribution in [2.75, 3.05) is 33.2 Å². The average Bonchev–Trinajstić information content (AvgIpc) is 2.78. The Kier molecular flexibility index (Phi) is 12.1. The highest BCUT2D eigenvalue weighted by molar-refractivity contribution is 6.35. The lowest BCUT2D eigenvalue weighted by molar-refractivity contribution is 0.0855. The monoisotopic (exact) mass is 564 g/mol. The Labute approximate surface area is 227 Å². The molecule has 2 aromatic rings. The first-order valence-corrected chi connectivity index (χ1v) is 12.6. The van der Waals surface area contributed by atoms with Gasteiger partial charge in [0.15, 0.2) is 11.6 Å². The second kappa shape index (κ2) is 14.0. The fourth-order valence-corrected chi connectivity index (χ4v) is 5.27. The third-order valence-corrected chi connectivity index (χ3v) is 6.97. The molecule has 4 rings (SSSR count). The van der Waals surface area contributed by atoms with Crippen molar-refractivity contribution in [3.63, 3.8) is 0 Å². The van der Waals surface area contributed by atoms with E-state index >= 15 is 0 Å². The minimum atomic E-state index is 0. The third kappa shape index (κ3) is 8.67. The zero-order chi connectivity index (χ0) is 24.0. The van der Waals surface area contributed by atoms with Gasteiger partial charge in [-0.1, -0.05) is 46.4 Å². The van der Waals surface area contributed by atoms with Crippen molar-refractivity contribution in [2.45, 2.75) is 25.7 Å². The number of benzene rings is 2. The van der Waals surface area contributed by atoms with Crippen LogP contribution in [0.25, 0.3) is 0 Å². The molecular formula is C25H29Cl5N2O2. The van der Waals surface area contributed by atoms with Gasteiger partial charge in [-0.25, -0.2) is 0 Å². The molecule has 4 nitrogen and oxygen atoms in total. The second-order valence-electron chi connectivity index (χ2n) is 8.65. The van der Waals surface area contributed by atoms with Gasteiger partial charge in [-0.05, 0) is 95.3 Å². The molecule has 34 heavy (non-hydrogen) atoms. The van der Waals surface area contributed by atoms with Crippen LogP contribution in [0.1, 0.15) is 46.4 Å². The van der Waals surface area contributed by atoms with Crippen LogP contribution < -0.4 is 5.32 Å². The number of halogens is 5. The Morgan fingerprint density at radius 2 is 1.06 bits per heavy atom. The van der Waals surface area contributed by atoms with E-state index < -0.39 is 0 Å². The summed E-state index contributed by atoms with van der Waals surface area (Å²) in [4.78, 5) is 26.7. The second-order valence-corrected chi connectivity index (χ2v) is 10.4. The first-order chi connectivity index (χ1) is 15.7. The molecule has 2 heterocycles. The Morgan fingerprint density at radius 3 is 1.44 bits per heavy atom. The minimum absolute atomic E-state index is 0. The van der Waals surface area contributed by atoms with E-state index in [1.54, 1.807) is 36.4 Å². The van der Waals surface area contributed by atoms with E-state index in [2.05, 4.69) is 17.3 Å². The molecule has 186 valence electrons. The highest BCUT2D eigenvalue weighted by Gasteiger charge is 2.25. The van der Waals surface area contributed by atoms with Crippen LogP contribution in [0, 0.1) is 11.8 Å². The molecule has 0 bridgehead atoms. The van der Waals surface area contributed by atoms with Crippen molar-refractivity contribution in [1.29, 1.82) is 0 Å². The van der Waals surface area contributed by atoms with E-state index in [-0.39, 0.29) is 35.8 Å². The molecule has 0 amide bonds. The largest absolute Gasteiger partial charge is 0.317 e. The smallest absolute Gasteiger partial charge is 0.166 e. The van der Waals surface area contributed by atoms with E-state index in [1.165, 1.54) is 0 Å². The number of carbonyl (C=O) groups excluding carboxylic acids is 2. The highest BCUT2D eigenvalue weighted by atomic mass is 35.5. The Bertz CT molecular complexity index is 947. The summed E-state index contributed by atoms with van der Waals surface area (Å²) in [6, 6.07) is 10.1. The number of nitrogens with zero attached hydrogens (tertiary/aromatic N) is 1. The van der Waals surface area contributed by atoms with Crippen LogP contribution in [0.15, 0.2) is 36.4 Å². The molecule has 2 aliphatic rings. The molecular weight excluding hydrogens is 538 g/mol. The number of piperidine rings is 2. The summed E-state index contributed by atoms with van der Waals surface area (Å²) < 4.78 is 0. The van der Waals surface area contributed by atoms with Gasteiger partial charge in [0.25, 0.3) is 0 Å². The van der Waals surface area contributed by atoms with Gasteiger partial charge in [-0.2, -0.15) is 0 Å². The fraction of sp³-hybridized carbons (Fsp3) is 0.440. The summed E-state index contributed by atoms with van der Waals surface area (Å²) in [5, 5.41) is 5.32. The lowest BCUT2D eigenvalue weighted by atomic mass is 9.89. The number of rotatable bonds is 4. The first kappa shape index (κ1) is 29.4. The SMILES string of the molecule is CN1CCC(C(=O)c2cc(Cl)cc(Cl)c2)CC1.Cl.O=C(c1cc(Cl)cc(Cl)c1)C1CCNCC1. The predicted octanol–water partition coefficient (Wildman–Crippen LogP) is 7.12. The molecule has 0 spiro atoms. The molecule has 0 radical (unpaired) electrons. The van der Waals surface area contributed by atoms with Gasteiger partial charge in [0, 0.05) is 43.1 Å². The molecule has 2 fully saturated rings. The minimum Gasteiger partial charge on any atom is -0.317 e. The topological polar surface area (TPSA) is 49.4 Å². The van der Waals surface area contributed by atoms with Crippen molar-refractivity contribution < 1.29 is 9.59 Å². The van der Waals surface area contributed by atoms with Crippen molar-refractivity contribution in [1.82, 2.24) is 10.2 Å². The van der Waals surface area contributed by atoms with Gasteiger partial charge >= 0.3 is 0 Å². The number of likely N-dealkylation sites (tertiary alicyclic amines) is 1. The summed E-state index contributed by atoms with van der Waals surface area (Å²) in [5.74, 6) is 0.546. The highest BCUT2D eigenvalue weighted by Crippen LogP contribution is 2.26. The quantitative estimate of drug-likeness (QED) is 0.401. The normalized spacial score (nSPS) is 17.3. The summed E-state index contributed by atoms with van der Waals surface area (Å²) >= 11 is 23.6. The molecule has 1 N–H and O–H groups in total. The number of carbonyl (C=O) groups is 2. The Hall–Kier alpha value is -0.850. The maximum Gasteiger partial charge on any atom is 0.166 e. The Morgan fingerprint density at radius 1 is 0.706 bits per heavy atom. The molecule has 0 saturated carbocycles. The predicted molar refractivity (Wildman–Crippen MR) is 145 cm³/mol. The molecule has 0 unspecified atom stereocenters. The van der Waals surface area contributed by atoms with Crippen molar-refractivity contribution in [3.05, 3.63) is 67.6 Å². The van der Waals surface area contributed by atoms with Crippen LogP contribution in [0.5, 0.6) is 0 Å². The maximum atomic E-state index is 12.3. The molecule has 2 aromatic carbocycles. The molecule has 0 atom stereocenters. The number of hydrogen-bond donors (Lipinski definition) is 1. The van der Waals surface area contributed by atoms with Crippen molar-refractivity contribution >= 4 is 70.4 Å². The molecule has 0 aromatic heterocycles. The summed E-state index contributed by atoms with van der Waals surface area (Å²) in [7, 11) is 2.08. The number of ketones is 2. The summed E-state index contributed by atoms with van der Waals surface area (Å²) in [5.41, 5.74) is 1.27. The van der Waals surface area contributed by atoms with Gasteiger partial charge in [-0.15, -0.1) is 12.4 Å². The lowest BCUT2D eigenvalue weighted by Crippen LogP contribution is -2.33.